The van der Waals surface area contributed by atoms with Crippen LogP contribution in [0.4, 0.5) is 11.5 Å². The van der Waals surface area contributed by atoms with Gasteiger partial charge < -0.3 is 14.8 Å². The molecule has 1 aromatic carbocycles. The third-order valence-electron chi connectivity index (χ3n) is 3.57. The van der Waals surface area contributed by atoms with Gasteiger partial charge in [-0.1, -0.05) is 6.07 Å². The van der Waals surface area contributed by atoms with Gasteiger partial charge in [-0.05, 0) is 30.2 Å². The molecule has 0 aliphatic rings. The summed E-state index contributed by atoms with van der Waals surface area (Å²) in [4.78, 5) is 8.24. The molecule has 0 radical (unpaired) electrons. The number of ether oxygens (including phenoxy) is 2. The number of benzene rings is 1. The Labute approximate surface area is 144 Å². The molecule has 3 rings (SSSR count). The number of hydrogen-bond acceptors (Lipinski definition) is 6. The quantitative estimate of drug-likeness (QED) is 0.545. The third kappa shape index (κ3) is 3.42. The average molecular weight is 348 g/mol. The fourth-order valence-electron chi connectivity index (χ4n) is 2.31. The lowest BCUT2D eigenvalue weighted by Gasteiger charge is -2.11. The van der Waals surface area contributed by atoms with Crippen molar-refractivity contribution in [1.29, 1.82) is 0 Å². The van der Waals surface area contributed by atoms with Crippen LogP contribution in [-0.4, -0.2) is 40.1 Å². The van der Waals surface area contributed by atoms with Crippen LogP contribution in [0.25, 0.3) is 11.0 Å². The second kappa shape index (κ2) is 7.02. The van der Waals surface area contributed by atoms with E-state index in [2.05, 4.69) is 20.4 Å². The third-order valence-corrected chi connectivity index (χ3v) is 3.75. The van der Waals surface area contributed by atoms with Crippen LogP contribution >= 0.6 is 11.6 Å². The Balaban J connectivity index is 1.89. The minimum atomic E-state index is 0.196. The van der Waals surface area contributed by atoms with Gasteiger partial charge in [0.2, 0.25) is 5.28 Å². The number of hydrogen-bond donors (Lipinski definition) is 1. The smallest absolute Gasteiger partial charge is 0.224 e. The van der Waals surface area contributed by atoms with Crippen LogP contribution in [0.5, 0.6) is 5.75 Å². The molecule has 126 valence electrons. The number of anilines is 2. The van der Waals surface area contributed by atoms with E-state index in [9.17, 15) is 0 Å². The fraction of sp³-hybridized carbons (Fsp3) is 0.312. The zero-order valence-corrected chi connectivity index (χ0v) is 14.5. The largest absolute Gasteiger partial charge is 0.491 e. The highest BCUT2D eigenvalue weighted by atomic mass is 35.5. The monoisotopic (exact) mass is 347 g/mol. The molecule has 2 aromatic heterocycles. The maximum absolute atomic E-state index is 5.86. The van der Waals surface area contributed by atoms with Gasteiger partial charge in [0.1, 0.15) is 12.4 Å². The van der Waals surface area contributed by atoms with Gasteiger partial charge in [-0.25, -0.2) is 9.67 Å². The molecular formula is C16H18ClN5O2. The highest BCUT2D eigenvalue weighted by Gasteiger charge is 2.12. The molecule has 0 aliphatic heterocycles. The molecule has 0 bridgehead atoms. The number of halogens is 1. The topological polar surface area (TPSA) is 74.1 Å². The van der Waals surface area contributed by atoms with Gasteiger partial charge in [-0.2, -0.15) is 10.1 Å². The molecule has 0 saturated carbocycles. The summed E-state index contributed by atoms with van der Waals surface area (Å²) in [6.45, 7) is 3.05. The van der Waals surface area contributed by atoms with Gasteiger partial charge in [-0.3, -0.25) is 0 Å². The first-order valence-corrected chi connectivity index (χ1v) is 7.81. The summed E-state index contributed by atoms with van der Waals surface area (Å²) in [5.74, 6) is 1.43. The number of rotatable bonds is 6. The molecule has 24 heavy (non-hydrogen) atoms. The zero-order chi connectivity index (χ0) is 17.1. The Kier molecular flexibility index (Phi) is 4.82. The normalized spacial score (nSPS) is 11.0. The molecule has 0 spiro atoms. The van der Waals surface area contributed by atoms with E-state index in [1.54, 1.807) is 18.0 Å². The Morgan fingerprint density at radius 3 is 2.92 bits per heavy atom. The highest BCUT2D eigenvalue weighted by Crippen LogP contribution is 2.28. The van der Waals surface area contributed by atoms with Crippen LogP contribution < -0.4 is 10.1 Å². The van der Waals surface area contributed by atoms with Gasteiger partial charge in [0, 0.05) is 32.1 Å². The summed E-state index contributed by atoms with van der Waals surface area (Å²) in [5, 5.41) is 8.77. The summed E-state index contributed by atoms with van der Waals surface area (Å²) in [6.07, 6.45) is 1.66. The number of fused-ring (bicyclic) bond motifs is 1. The Bertz CT molecular complexity index is 865. The molecular weight excluding hydrogens is 330 g/mol. The van der Waals surface area contributed by atoms with E-state index >= 15 is 0 Å². The van der Waals surface area contributed by atoms with Crippen molar-refractivity contribution < 1.29 is 9.47 Å². The molecule has 0 aliphatic carbocycles. The van der Waals surface area contributed by atoms with Gasteiger partial charge in [0.15, 0.2) is 11.5 Å². The standard InChI is InChI=1S/C16H18ClN5O2/c1-10-4-5-11(24-7-6-23-3)8-13(10)19-14-12-9-18-16(17)20-15(12)22(2)21-14/h4-5,8-9H,6-7H2,1-3H3,(H,19,21). The lowest BCUT2D eigenvalue weighted by Crippen LogP contribution is -2.04. The number of nitrogens with zero attached hydrogens (tertiary/aromatic N) is 4. The first kappa shape index (κ1) is 16.5. The predicted octanol–water partition coefficient (Wildman–Crippen LogP) is 3.09. The van der Waals surface area contributed by atoms with E-state index in [-0.39, 0.29) is 5.28 Å². The summed E-state index contributed by atoms with van der Waals surface area (Å²) in [6, 6.07) is 5.85. The number of methoxy groups -OCH3 is 1. The fourth-order valence-corrected chi connectivity index (χ4v) is 2.43. The molecule has 8 heteroatoms. The second-order valence-electron chi connectivity index (χ2n) is 5.29. The van der Waals surface area contributed by atoms with E-state index < -0.39 is 0 Å². The summed E-state index contributed by atoms with van der Waals surface area (Å²) in [5.41, 5.74) is 2.64. The number of aryl methyl sites for hydroxylation is 2. The first-order valence-electron chi connectivity index (χ1n) is 7.43. The zero-order valence-electron chi connectivity index (χ0n) is 13.7. The van der Waals surface area contributed by atoms with E-state index in [0.29, 0.717) is 24.7 Å². The summed E-state index contributed by atoms with van der Waals surface area (Å²) < 4.78 is 12.3. The van der Waals surface area contributed by atoms with Gasteiger partial charge in [-0.15, -0.1) is 0 Å². The van der Waals surface area contributed by atoms with Crippen molar-refractivity contribution in [3.05, 3.63) is 35.2 Å². The van der Waals surface area contributed by atoms with Crippen molar-refractivity contribution in [2.24, 2.45) is 7.05 Å². The van der Waals surface area contributed by atoms with Crippen molar-refractivity contribution >= 4 is 34.1 Å². The Morgan fingerprint density at radius 2 is 2.12 bits per heavy atom. The SMILES string of the molecule is COCCOc1ccc(C)c(Nc2nn(C)c3nc(Cl)ncc23)c1. The van der Waals surface area contributed by atoms with Crippen molar-refractivity contribution in [3.8, 4) is 5.75 Å². The first-order chi connectivity index (χ1) is 11.6. The van der Waals surface area contributed by atoms with Crippen LogP contribution in [0.2, 0.25) is 5.28 Å². The lowest BCUT2D eigenvalue weighted by atomic mass is 10.2. The molecule has 2 heterocycles. The molecule has 7 nitrogen and oxygen atoms in total. The number of aromatic nitrogens is 4. The minimum Gasteiger partial charge on any atom is -0.491 e. The second-order valence-corrected chi connectivity index (χ2v) is 5.63. The van der Waals surface area contributed by atoms with Gasteiger partial charge >= 0.3 is 0 Å². The van der Waals surface area contributed by atoms with E-state index in [0.717, 1.165) is 22.4 Å². The molecule has 0 fully saturated rings. The Hall–Kier alpha value is -2.38. The molecule has 1 N–H and O–H groups in total. The van der Waals surface area contributed by atoms with Crippen LogP contribution in [0.15, 0.2) is 24.4 Å². The molecule has 0 unspecified atom stereocenters. The van der Waals surface area contributed by atoms with Crippen LogP contribution in [-0.2, 0) is 11.8 Å². The van der Waals surface area contributed by atoms with Crippen LogP contribution in [0.1, 0.15) is 5.56 Å². The average Bonchev–Trinajstić information content (AvgIpc) is 2.86. The van der Waals surface area contributed by atoms with Gasteiger partial charge in [0.05, 0.1) is 12.0 Å². The van der Waals surface area contributed by atoms with Crippen molar-refractivity contribution in [3.63, 3.8) is 0 Å². The van der Waals surface area contributed by atoms with Crippen molar-refractivity contribution in [2.45, 2.75) is 6.92 Å². The van der Waals surface area contributed by atoms with Crippen LogP contribution in [0.3, 0.4) is 0 Å². The molecule has 0 amide bonds. The highest BCUT2D eigenvalue weighted by molar-refractivity contribution is 6.28. The Morgan fingerprint density at radius 1 is 1.29 bits per heavy atom. The van der Waals surface area contributed by atoms with Crippen LogP contribution in [0, 0.1) is 6.92 Å². The predicted molar refractivity (Wildman–Crippen MR) is 93.1 cm³/mol. The maximum atomic E-state index is 5.86. The van der Waals surface area contributed by atoms with E-state index in [1.807, 2.05) is 32.2 Å². The van der Waals surface area contributed by atoms with E-state index in [4.69, 9.17) is 21.1 Å². The summed E-state index contributed by atoms with van der Waals surface area (Å²) in [7, 11) is 3.46. The molecule has 0 atom stereocenters. The summed E-state index contributed by atoms with van der Waals surface area (Å²) >= 11 is 5.86. The van der Waals surface area contributed by atoms with Crippen molar-refractivity contribution in [2.75, 3.05) is 25.6 Å². The minimum absolute atomic E-state index is 0.196. The van der Waals surface area contributed by atoms with Gasteiger partial charge in [0.25, 0.3) is 0 Å². The van der Waals surface area contributed by atoms with Crippen molar-refractivity contribution in [1.82, 2.24) is 19.7 Å². The maximum Gasteiger partial charge on any atom is 0.224 e. The number of nitrogens with one attached hydrogen (secondary N) is 1. The molecule has 3 aromatic rings. The lowest BCUT2D eigenvalue weighted by molar-refractivity contribution is 0.146. The van der Waals surface area contributed by atoms with E-state index in [1.165, 1.54) is 0 Å². The molecule has 0 saturated heterocycles.